The van der Waals surface area contributed by atoms with E-state index in [1.54, 1.807) is 0 Å². The zero-order valence-corrected chi connectivity index (χ0v) is 11.9. The third-order valence-corrected chi connectivity index (χ3v) is 3.61. The molecule has 1 rings (SSSR count). The second-order valence-electron chi connectivity index (χ2n) is 5.13. The van der Waals surface area contributed by atoms with Gasteiger partial charge in [0.15, 0.2) is 0 Å². The molecular formula is C16H28N2. The van der Waals surface area contributed by atoms with Crippen molar-refractivity contribution >= 4 is 0 Å². The lowest BCUT2D eigenvalue weighted by Gasteiger charge is -2.18. The molecule has 1 aromatic carbocycles. The predicted molar refractivity (Wildman–Crippen MR) is 79.2 cm³/mol. The molecule has 0 fully saturated rings. The number of hydrogen-bond donors (Lipinski definition) is 2. The van der Waals surface area contributed by atoms with E-state index in [4.69, 9.17) is 5.84 Å². The molecule has 1 unspecified atom stereocenters. The zero-order valence-electron chi connectivity index (χ0n) is 11.9. The monoisotopic (exact) mass is 248 g/mol. The molecule has 0 saturated carbocycles. The Morgan fingerprint density at radius 1 is 1.06 bits per heavy atom. The van der Waals surface area contributed by atoms with Crippen LogP contribution in [0.25, 0.3) is 0 Å². The summed E-state index contributed by atoms with van der Waals surface area (Å²) in [6.45, 7) is 4.41. The minimum atomic E-state index is 0.303. The fourth-order valence-electron chi connectivity index (χ4n) is 2.44. The Labute approximate surface area is 112 Å². The predicted octanol–water partition coefficient (Wildman–Crippen LogP) is 4.25. The number of aryl methyl sites for hydroxylation is 1. The summed E-state index contributed by atoms with van der Waals surface area (Å²) in [5, 5.41) is 0. The lowest BCUT2D eigenvalue weighted by molar-refractivity contribution is 0.475. The first kappa shape index (κ1) is 15.2. The van der Waals surface area contributed by atoms with Crippen LogP contribution in [0, 0.1) is 6.92 Å². The van der Waals surface area contributed by atoms with Gasteiger partial charge in [0.05, 0.1) is 0 Å². The Morgan fingerprint density at radius 3 is 2.39 bits per heavy atom. The molecule has 0 aromatic heterocycles. The van der Waals surface area contributed by atoms with Gasteiger partial charge in [-0.2, -0.15) is 0 Å². The summed E-state index contributed by atoms with van der Waals surface area (Å²) in [6, 6.07) is 8.81. The fourth-order valence-corrected chi connectivity index (χ4v) is 2.44. The van der Waals surface area contributed by atoms with Crippen LogP contribution in [0.2, 0.25) is 0 Å². The van der Waals surface area contributed by atoms with Gasteiger partial charge in [-0.1, -0.05) is 69.7 Å². The molecule has 0 amide bonds. The standard InChI is InChI=1S/C16H28N2/c1-3-4-5-6-7-8-13-16(18-17)15-12-10-9-11-14(15)2/h9-12,16,18H,3-8,13,17H2,1-2H3. The number of hydrogen-bond acceptors (Lipinski definition) is 2. The highest BCUT2D eigenvalue weighted by atomic mass is 15.2. The van der Waals surface area contributed by atoms with Crippen molar-refractivity contribution in [1.82, 2.24) is 5.43 Å². The second kappa shape index (κ2) is 9.12. The molecule has 0 radical (unpaired) electrons. The number of hydrazine groups is 1. The molecule has 3 N–H and O–H groups in total. The highest BCUT2D eigenvalue weighted by Gasteiger charge is 2.10. The van der Waals surface area contributed by atoms with E-state index in [0.717, 1.165) is 6.42 Å². The third-order valence-electron chi connectivity index (χ3n) is 3.61. The van der Waals surface area contributed by atoms with Crippen molar-refractivity contribution in [2.75, 3.05) is 0 Å². The van der Waals surface area contributed by atoms with Gasteiger partial charge in [0.25, 0.3) is 0 Å². The van der Waals surface area contributed by atoms with Gasteiger partial charge in [-0.05, 0) is 24.5 Å². The minimum Gasteiger partial charge on any atom is -0.271 e. The molecule has 18 heavy (non-hydrogen) atoms. The molecular weight excluding hydrogens is 220 g/mol. The Morgan fingerprint density at radius 2 is 1.72 bits per heavy atom. The summed E-state index contributed by atoms with van der Waals surface area (Å²) in [4.78, 5) is 0. The van der Waals surface area contributed by atoms with E-state index in [9.17, 15) is 0 Å². The average Bonchev–Trinajstić information content (AvgIpc) is 2.39. The SMILES string of the molecule is CCCCCCCCC(NN)c1ccccc1C. The minimum absolute atomic E-state index is 0.303. The van der Waals surface area contributed by atoms with Gasteiger partial charge in [-0.25, -0.2) is 0 Å². The van der Waals surface area contributed by atoms with Crippen LogP contribution < -0.4 is 11.3 Å². The molecule has 1 aromatic rings. The largest absolute Gasteiger partial charge is 0.271 e. The second-order valence-corrected chi connectivity index (χ2v) is 5.13. The van der Waals surface area contributed by atoms with Crippen molar-refractivity contribution in [3.8, 4) is 0 Å². The van der Waals surface area contributed by atoms with Crippen molar-refractivity contribution in [1.29, 1.82) is 0 Å². The molecule has 0 heterocycles. The molecule has 102 valence electrons. The zero-order chi connectivity index (χ0) is 13.2. The molecule has 0 aliphatic heterocycles. The fraction of sp³-hybridized carbons (Fsp3) is 0.625. The van der Waals surface area contributed by atoms with Crippen molar-refractivity contribution < 1.29 is 0 Å². The lowest BCUT2D eigenvalue weighted by Crippen LogP contribution is -2.28. The van der Waals surface area contributed by atoms with E-state index < -0.39 is 0 Å². The van der Waals surface area contributed by atoms with Crippen LogP contribution in [-0.4, -0.2) is 0 Å². The summed E-state index contributed by atoms with van der Waals surface area (Å²) >= 11 is 0. The van der Waals surface area contributed by atoms with E-state index in [0.29, 0.717) is 6.04 Å². The van der Waals surface area contributed by atoms with Crippen LogP contribution in [0.15, 0.2) is 24.3 Å². The van der Waals surface area contributed by atoms with Crippen molar-refractivity contribution in [2.24, 2.45) is 5.84 Å². The Bertz CT molecular complexity index is 323. The van der Waals surface area contributed by atoms with Gasteiger partial charge < -0.3 is 0 Å². The van der Waals surface area contributed by atoms with Gasteiger partial charge in [-0.3, -0.25) is 11.3 Å². The first-order valence-electron chi connectivity index (χ1n) is 7.31. The van der Waals surface area contributed by atoms with E-state index in [-0.39, 0.29) is 0 Å². The molecule has 0 aliphatic carbocycles. The third kappa shape index (κ3) is 5.19. The smallest absolute Gasteiger partial charge is 0.0462 e. The summed E-state index contributed by atoms with van der Waals surface area (Å²) in [5.41, 5.74) is 5.63. The van der Waals surface area contributed by atoms with Gasteiger partial charge in [0.2, 0.25) is 0 Å². The van der Waals surface area contributed by atoms with Crippen molar-refractivity contribution in [3.05, 3.63) is 35.4 Å². The molecule has 0 bridgehead atoms. The first-order valence-corrected chi connectivity index (χ1v) is 7.31. The number of nitrogens with one attached hydrogen (secondary N) is 1. The topological polar surface area (TPSA) is 38.0 Å². The Kier molecular flexibility index (Phi) is 7.70. The molecule has 2 heteroatoms. The van der Waals surface area contributed by atoms with Crippen LogP contribution in [0.1, 0.15) is 69.0 Å². The quantitative estimate of drug-likeness (QED) is 0.389. The first-order chi connectivity index (χ1) is 8.79. The number of benzene rings is 1. The number of rotatable bonds is 9. The summed E-state index contributed by atoms with van der Waals surface area (Å²) in [6.07, 6.45) is 9.14. The molecule has 0 spiro atoms. The summed E-state index contributed by atoms with van der Waals surface area (Å²) < 4.78 is 0. The number of nitrogens with two attached hydrogens (primary N) is 1. The van der Waals surface area contributed by atoms with E-state index in [2.05, 4.69) is 43.5 Å². The van der Waals surface area contributed by atoms with Crippen LogP contribution >= 0.6 is 0 Å². The van der Waals surface area contributed by atoms with Gasteiger partial charge >= 0.3 is 0 Å². The van der Waals surface area contributed by atoms with Crippen LogP contribution in [0.4, 0.5) is 0 Å². The van der Waals surface area contributed by atoms with Crippen molar-refractivity contribution in [3.63, 3.8) is 0 Å². The Balaban J connectivity index is 2.32. The maximum Gasteiger partial charge on any atom is 0.0462 e. The van der Waals surface area contributed by atoms with Crippen molar-refractivity contribution in [2.45, 2.75) is 64.8 Å². The van der Waals surface area contributed by atoms with Gasteiger partial charge in [0.1, 0.15) is 0 Å². The maximum atomic E-state index is 5.69. The molecule has 0 aliphatic rings. The highest BCUT2D eigenvalue weighted by Crippen LogP contribution is 2.22. The van der Waals surface area contributed by atoms with E-state index in [1.807, 2.05) is 0 Å². The van der Waals surface area contributed by atoms with E-state index >= 15 is 0 Å². The lowest BCUT2D eigenvalue weighted by atomic mass is 9.96. The summed E-state index contributed by atoms with van der Waals surface area (Å²) in [7, 11) is 0. The van der Waals surface area contributed by atoms with Crippen LogP contribution in [-0.2, 0) is 0 Å². The van der Waals surface area contributed by atoms with Crippen LogP contribution in [0.3, 0.4) is 0 Å². The molecule has 2 nitrogen and oxygen atoms in total. The van der Waals surface area contributed by atoms with Crippen LogP contribution in [0.5, 0.6) is 0 Å². The van der Waals surface area contributed by atoms with E-state index in [1.165, 1.54) is 49.7 Å². The maximum absolute atomic E-state index is 5.69. The highest BCUT2D eigenvalue weighted by molar-refractivity contribution is 5.28. The number of unbranched alkanes of at least 4 members (excludes halogenated alkanes) is 5. The Hall–Kier alpha value is -0.860. The molecule has 0 saturated heterocycles. The van der Waals surface area contributed by atoms with Gasteiger partial charge in [0, 0.05) is 6.04 Å². The van der Waals surface area contributed by atoms with Gasteiger partial charge in [-0.15, -0.1) is 0 Å². The summed E-state index contributed by atoms with van der Waals surface area (Å²) in [5.74, 6) is 5.69. The average molecular weight is 248 g/mol. The molecule has 1 atom stereocenters. The normalized spacial score (nSPS) is 12.6.